The minimum atomic E-state index is -0.157. The summed E-state index contributed by atoms with van der Waals surface area (Å²) in [5.74, 6) is -0.306. The summed E-state index contributed by atoms with van der Waals surface area (Å²) < 4.78 is 0. The van der Waals surface area contributed by atoms with Crippen molar-refractivity contribution in [1.29, 1.82) is 0 Å². The summed E-state index contributed by atoms with van der Waals surface area (Å²) in [6.07, 6.45) is 0.776. The number of rotatable bonds is 6. The van der Waals surface area contributed by atoms with Crippen LogP contribution >= 0.6 is 0 Å². The summed E-state index contributed by atoms with van der Waals surface area (Å²) in [7, 11) is 0. The highest BCUT2D eigenvalue weighted by Gasteiger charge is 2.14. The molecule has 4 heteroatoms. The number of hydrogen-bond acceptors (Lipinski definition) is 2. The zero-order valence-corrected chi connectivity index (χ0v) is 12.7. The van der Waals surface area contributed by atoms with Gasteiger partial charge in [0.25, 0.3) is 0 Å². The zero-order chi connectivity index (χ0) is 15.8. The minimum absolute atomic E-state index is 0.0358. The first-order chi connectivity index (χ1) is 10.7. The van der Waals surface area contributed by atoms with Crippen LogP contribution in [0.15, 0.2) is 60.7 Å². The Morgan fingerprint density at radius 2 is 1.55 bits per heavy atom. The Hall–Kier alpha value is -2.62. The molecule has 2 amide bonds. The Morgan fingerprint density at radius 1 is 0.955 bits per heavy atom. The van der Waals surface area contributed by atoms with Crippen LogP contribution in [0.25, 0.3) is 0 Å². The van der Waals surface area contributed by atoms with Gasteiger partial charge in [0.05, 0.1) is 0 Å². The van der Waals surface area contributed by atoms with Crippen molar-refractivity contribution >= 4 is 17.5 Å². The van der Waals surface area contributed by atoms with Gasteiger partial charge in [0.1, 0.15) is 6.54 Å². The van der Waals surface area contributed by atoms with E-state index in [1.54, 1.807) is 0 Å². The molecule has 114 valence electrons. The van der Waals surface area contributed by atoms with Gasteiger partial charge >= 0.3 is 0 Å². The van der Waals surface area contributed by atoms with Gasteiger partial charge in [0.2, 0.25) is 11.8 Å². The second-order valence-corrected chi connectivity index (χ2v) is 5.03. The predicted molar refractivity (Wildman–Crippen MR) is 87.6 cm³/mol. The van der Waals surface area contributed by atoms with Gasteiger partial charge in [-0.1, -0.05) is 48.5 Å². The largest absolute Gasteiger partial charge is 0.354 e. The molecule has 0 saturated heterocycles. The van der Waals surface area contributed by atoms with Gasteiger partial charge in [-0.25, -0.2) is 0 Å². The molecule has 1 N–H and O–H groups in total. The molecule has 2 aromatic rings. The first-order valence-corrected chi connectivity index (χ1v) is 7.30. The maximum Gasteiger partial charge on any atom is 0.240 e. The zero-order valence-electron chi connectivity index (χ0n) is 12.7. The first kappa shape index (κ1) is 15.8. The van der Waals surface area contributed by atoms with E-state index < -0.39 is 0 Å². The maximum absolute atomic E-state index is 12.0. The Balaban J connectivity index is 1.85. The molecule has 22 heavy (non-hydrogen) atoms. The molecule has 2 aromatic carbocycles. The van der Waals surface area contributed by atoms with Crippen molar-refractivity contribution in [2.75, 3.05) is 18.0 Å². The lowest BCUT2D eigenvalue weighted by Crippen LogP contribution is -2.40. The molecular formula is C18H20N2O2. The van der Waals surface area contributed by atoms with Gasteiger partial charge < -0.3 is 10.2 Å². The molecule has 0 heterocycles. The summed E-state index contributed by atoms with van der Waals surface area (Å²) in [4.78, 5) is 25.2. The van der Waals surface area contributed by atoms with Crippen LogP contribution < -0.4 is 10.2 Å². The number of benzene rings is 2. The molecule has 0 aromatic heterocycles. The molecular weight excluding hydrogens is 276 g/mol. The predicted octanol–water partition coefficient (Wildman–Crippen LogP) is 2.40. The van der Waals surface area contributed by atoms with Crippen molar-refractivity contribution in [3.8, 4) is 0 Å². The standard InChI is InChI=1S/C18H20N2O2/c1-15(21)20(17-10-6-3-7-11-17)14-18(22)19-13-12-16-8-4-2-5-9-16/h2-11H,12-14H2,1H3,(H,19,22). The third-order valence-corrected chi connectivity index (χ3v) is 3.33. The normalized spacial score (nSPS) is 10.0. The van der Waals surface area contributed by atoms with E-state index in [2.05, 4.69) is 5.32 Å². The van der Waals surface area contributed by atoms with Crippen LogP contribution in [0.4, 0.5) is 5.69 Å². The van der Waals surface area contributed by atoms with Crippen LogP contribution in [0.3, 0.4) is 0 Å². The van der Waals surface area contributed by atoms with Crippen LogP contribution in [0.2, 0.25) is 0 Å². The summed E-state index contributed by atoms with van der Waals surface area (Å²) >= 11 is 0. The molecule has 0 aliphatic heterocycles. The fraction of sp³-hybridized carbons (Fsp3) is 0.222. The smallest absolute Gasteiger partial charge is 0.240 e. The number of carbonyl (C=O) groups is 2. The van der Waals surface area contributed by atoms with E-state index in [-0.39, 0.29) is 18.4 Å². The fourth-order valence-electron chi connectivity index (χ4n) is 2.18. The monoisotopic (exact) mass is 296 g/mol. The number of nitrogens with zero attached hydrogens (tertiary/aromatic N) is 1. The Kier molecular flexibility index (Phi) is 5.72. The molecule has 0 bridgehead atoms. The van der Waals surface area contributed by atoms with Gasteiger partial charge in [0, 0.05) is 19.2 Å². The molecule has 4 nitrogen and oxygen atoms in total. The van der Waals surface area contributed by atoms with E-state index in [0.717, 1.165) is 12.1 Å². The van der Waals surface area contributed by atoms with Gasteiger partial charge in [-0.3, -0.25) is 9.59 Å². The highest BCUT2D eigenvalue weighted by atomic mass is 16.2. The van der Waals surface area contributed by atoms with Crippen molar-refractivity contribution < 1.29 is 9.59 Å². The average Bonchev–Trinajstić information content (AvgIpc) is 2.54. The second-order valence-electron chi connectivity index (χ2n) is 5.03. The van der Waals surface area contributed by atoms with Crippen molar-refractivity contribution in [1.82, 2.24) is 5.32 Å². The van der Waals surface area contributed by atoms with Gasteiger partial charge in [-0.2, -0.15) is 0 Å². The van der Waals surface area contributed by atoms with Crippen LogP contribution in [0.5, 0.6) is 0 Å². The topological polar surface area (TPSA) is 49.4 Å². The van der Waals surface area contributed by atoms with Crippen molar-refractivity contribution in [3.63, 3.8) is 0 Å². The van der Waals surface area contributed by atoms with Crippen LogP contribution in [-0.2, 0) is 16.0 Å². The van der Waals surface area contributed by atoms with Crippen molar-refractivity contribution in [2.45, 2.75) is 13.3 Å². The molecule has 0 radical (unpaired) electrons. The molecule has 0 aliphatic rings. The summed E-state index contributed by atoms with van der Waals surface area (Å²) in [5, 5.41) is 2.85. The molecule has 0 fully saturated rings. The lowest BCUT2D eigenvalue weighted by atomic mass is 10.1. The van der Waals surface area contributed by atoms with E-state index in [0.29, 0.717) is 6.54 Å². The fourth-order valence-corrected chi connectivity index (χ4v) is 2.18. The molecule has 0 aliphatic carbocycles. The first-order valence-electron chi connectivity index (χ1n) is 7.30. The molecule has 0 unspecified atom stereocenters. The molecule has 0 spiro atoms. The number of para-hydroxylation sites is 1. The molecule has 2 rings (SSSR count). The Bertz CT molecular complexity index is 611. The third kappa shape index (κ3) is 4.74. The number of hydrogen-bond donors (Lipinski definition) is 1. The van der Waals surface area contributed by atoms with Crippen molar-refractivity contribution in [2.24, 2.45) is 0 Å². The van der Waals surface area contributed by atoms with Crippen LogP contribution in [0, 0.1) is 0 Å². The van der Waals surface area contributed by atoms with Gasteiger partial charge in [0.15, 0.2) is 0 Å². The second kappa shape index (κ2) is 7.98. The number of amides is 2. The lowest BCUT2D eigenvalue weighted by molar-refractivity contribution is -0.123. The summed E-state index contributed by atoms with van der Waals surface area (Å²) in [5.41, 5.74) is 1.91. The summed E-state index contributed by atoms with van der Waals surface area (Å²) in [6.45, 7) is 2.06. The Labute approximate surface area is 130 Å². The Morgan fingerprint density at radius 3 is 2.14 bits per heavy atom. The third-order valence-electron chi connectivity index (χ3n) is 3.33. The minimum Gasteiger partial charge on any atom is -0.354 e. The van der Waals surface area contributed by atoms with Crippen molar-refractivity contribution in [3.05, 3.63) is 66.2 Å². The highest BCUT2D eigenvalue weighted by Crippen LogP contribution is 2.12. The average molecular weight is 296 g/mol. The van der Waals surface area contributed by atoms with Crippen LogP contribution in [-0.4, -0.2) is 24.9 Å². The SMILES string of the molecule is CC(=O)N(CC(=O)NCCc1ccccc1)c1ccccc1. The number of carbonyl (C=O) groups excluding carboxylic acids is 2. The molecule has 0 saturated carbocycles. The number of anilines is 1. The van der Waals surface area contributed by atoms with E-state index in [9.17, 15) is 9.59 Å². The maximum atomic E-state index is 12.0. The van der Waals surface area contributed by atoms with E-state index >= 15 is 0 Å². The quantitative estimate of drug-likeness (QED) is 0.890. The highest BCUT2D eigenvalue weighted by molar-refractivity contribution is 5.97. The van der Waals surface area contributed by atoms with E-state index in [4.69, 9.17) is 0 Å². The lowest BCUT2D eigenvalue weighted by Gasteiger charge is -2.20. The van der Waals surface area contributed by atoms with E-state index in [1.807, 2.05) is 60.7 Å². The summed E-state index contributed by atoms with van der Waals surface area (Å²) in [6, 6.07) is 19.2. The molecule has 0 atom stereocenters. The van der Waals surface area contributed by atoms with Gasteiger partial charge in [-0.05, 0) is 24.1 Å². The van der Waals surface area contributed by atoms with Gasteiger partial charge in [-0.15, -0.1) is 0 Å². The van der Waals surface area contributed by atoms with E-state index in [1.165, 1.54) is 17.4 Å². The van der Waals surface area contributed by atoms with Crippen LogP contribution in [0.1, 0.15) is 12.5 Å². The number of nitrogens with one attached hydrogen (secondary N) is 1.